The monoisotopic (exact) mass is 425 g/mol. The summed E-state index contributed by atoms with van der Waals surface area (Å²) in [5.41, 5.74) is 0.00461. The molecule has 3 rings (SSSR count). The molecule has 2 aromatic carbocycles. The van der Waals surface area contributed by atoms with Gasteiger partial charge in [-0.1, -0.05) is 30.3 Å². The summed E-state index contributed by atoms with van der Waals surface area (Å²) in [5.74, 6) is -0.483. The summed E-state index contributed by atoms with van der Waals surface area (Å²) in [6, 6.07) is 16.6. The molecule has 1 aromatic heterocycles. The zero-order valence-corrected chi connectivity index (χ0v) is 17.0. The van der Waals surface area contributed by atoms with E-state index in [1.165, 1.54) is 0 Å². The lowest BCUT2D eigenvalue weighted by molar-refractivity contribution is -0.394. The van der Waals surface area contributed by atoms with Crippen molar-refractivity contribution >= 4 is 28.6 Å². The maximum atomic E-state index is 13.2. The SMILES string of the molecule is Cc1ccc(CN(CCc2ccccc2)C(=O)c2cc([N+](=O)[O-])cc([N+](=O)[O-])c2)s1. The van der Waals surface area contributed by atoms with Gasteiger partial charge in [0.25, 0.3) is 17.3 Å². The van der Waals surface area contributed by atoms with Crippen molar-refractivity contribution in [1.82, 2.24) is 4.90 Å². The number of carbonyl (C=O) groups is 1. The highest BCUT2D eigenvalue weighted by atomic mass is 32.1. The van der Waals surface area contributed by atoms with Crippen LogP contribution in [0, 0.1) is 27.2 Å². The van der Waals surface area contributed by atoms with Gasteiger partial charge in [-0.05, 0) is 31.0 Å². The molecule has 1 heterocycles. The Morgan fingerprint density at radius 2 is 1.60 bits per heavy atom. The van der Waals surface area contributed by atoms with Gasteiger partial charge in [-0.3, -0.25) is 25.0 Å². The number of thiophene rings is 1. The van der Waals surface area contributed by atoms with E-state index in [0.29, 0.717) is 19.5 Å². The van der Waals surface area contributed by atoms with Crippen molar-refractivity contribution in [3.05, 3.63) is 102 Å². The lowest BCUT2D eigenvalue weighted by Gasteiger charge is -2.22. The highest BCUT2D eigenvalue weighted by Crippen LogP contribution is 2.25. The number of aryl methyl sites for hydroxylation is 1. The third-order valence-electron chi connectivity index (χ3n) is 4.51. The molecule has 0 aliphatic carbocycles. The van der Waals surface area contributed by atoms with Crippen LogP contribution in [0.25, 0.3) is 0 Å². The first kappa shape index (κ1) is 21.1. The summed E-state index contributed by atoms with van der Waals surface area (Å²) in [4.78, 5) is 37.8. The van der Waals surface area contributed by atoms with Crippen molar-refractivity contribution in [1.29, 1.82) is 0 Å². The molecule has 0 spiro atoms. The first-order chi connectivity index (χ1) is 14.3. The van der Waals surface area contributed by atoms with Gasteiger partial charge >= 0.3 is 0 Å². The lowest BCUT2D eigenvalue weighted by Crippen LogP contribution is -2.32. The quantitative estimate of drug-likeness (QED) is 0.382. The average Bonchev–Trinajstić information content (AvgIpc) is 3.15. The lowest BCUT2D eigenvalue weighted by atomic mass is 10.1. The molecule has 0 aliphatic heterocycles. The predicted molar refractivity (Wildman–Crippen MR) is 114 cm³/mol. The number of rotatable bonds is 8. The maximum Gasteiger partial charge on any atom is 0.277 e. The molecule has 0 saturated carbocycles. The molecule has 0 radical (unpaired) electrons. The van der Waals surface area contributed by atoms with E-state index >= 15 is 0 Å². The van der Waals surface area contributed by atoms with E-state index in [2.05, 4.69) is 0 Å². The van der Waals surface area contributed by atoms with Gasteiger partial charge in [0.2, 0.25) is 0 Å². The Morgan fingerprint density at radius 1 is 0.967 bits per heavy atom. The third kappa shape index (κ3) is 5.26. The number of carbonyl (C=O) groups excluding carboxylic acids is 1. The predicted octanol–water partition coefficient (Wildman–Crippen LogP) is 4.76. The molecule has 30 heavy (non-hydrogen) atoms. The van der Waals surface area contributed by atoms with Crippen molar-refractivity contribution in [2.75, 3.05) is 6.54 Å². The smallest absolute Gasteiger partial charge is 0.277 e. The fraction of sp³-hybridized carbons (Fsp3) is 0.190. The minimum atomic E-state index is -0.735. The molecule has 0 fully saturated rings. The summed E-state index contributed by atoms with van der Waals surface area (Å²) in [7, 11) is 0. The van der Waals surface area contributed by atoms with E-state index in [-0.39, 0.29) is 5.56 Å². The normalized spacial score (nSPS) is 10.6. The van der Waals surface area contributed by atoms with E-state index in [1.807, 2.05) is 49.4 Å². The van der Waals surface area contributed by atoms with Crippen LogP contribution in [0.1, 0.15) is 25.7 Å². The Kier molecular flexibility index (Phi) is 6.53. The first-order valence-corrected chi connectivity index (χ1v) is 9.97. The van der Waals surface area contributed by atoms with Gasteiger partial charge in [-0.25, -0.2) is 0 Å². The van der Waals surface area contributed by atoms with Crippen LogP contribution in [0.15, 0.2) is 60.7 Å². The number of nitro groups is 2. The van der Waals surface area contributed by atoms with Crippen LogP contribution in [0.2, 0.25) is 0 Å². The number of nitro benzene ring substituents is 2. The minimum absolute atomic E-state index is 0.0720. The van der Waals surface area contributed by atoms with Crippen LogP contribution in [0.3, 0.4) is 0 Å². The topological polar surface area (TPSA) is 107 Å². The summed E-state index contributed by atoms with van der Waals surface area (Å²) in [6.07, 6.45) is 0.591. The van der Waals surface area contributed by atoms with Crippen LogP contribution in [-0.2, 0) is 13.0 Å². The van der Waals surface area contributed by atoms with Crippen LogP contribution >= 0.6 is 11.3 Å². The second-order valence-electron chi connectivity index (χ2n) is 6.73. The Hall–Kier alpha value is -3.59. The van der Waals surface area contributed by atoms with Crippen molar-refractivity contribution in [3.8, 4) is 0 Å². The fourth-order valence-corrected chi connectivity index (χ4v) is 3.94. The van der Waals surface area contributed by atoms with Gasteiger partial charge in [0.1, 0.15) is 0 Å². The molecule has 0 saturated heterocycles. The molecule has 154 valence electrons. The highest BCUT2D eigenvalue weighted by molar-refractivity contribution is 7.11. The summed E-state index contributed by atoms with van der Waals surface area (Å²) >= 11 is 1.56. The van der Waals surface area contributed by atoms with E-state index in [9.17, 15) is 25.0 Å². The molecule has 9 heteroatoms. The van der Waals surface area contributed by atoms with E-state index in [0.717, 1.165) is 33.5 Å². The number of nitrogens with zero attached hydrogens (tertiary/aromatic N) is 3. The zero-order valence-electron chi connectivity index (χ0n) is 16.2. The maximum absolute atomic E-state index is 13.2. The fourth-order valence-electron chi connectivity index (χ4n) is 3.03. The first-order valence-electron chi connectivity index (χ1n) is 9.16. The van der Waals surface area contributed by atoms with E-state index < -0.39 is 27.1 Å². The minimum Gasteiger partial charge on any atom is -0.333 e. The van der Waals surface area contributed by atoms with Gasteiger partial charge < -0.3 is 4.90 Å². The van der Waals surface area contributed by atoms with Crippen LogP contribution in [-0.4, -0.2) is 27.2 Å². The molecular formula is C21H19N3O5S. The van der Waals surface area contributed by atoms with Gasteiger partial charge in [-0.2, -0.15) is 0 Å². The summed E-state index contributed by atoms with van der Waals surface area (Å²) in [6.45, 7) is 2.66. The Labute approximate surface area is 176 Å². The molecule has 0 bridgehead atoms. The van der Waals surface area contributed by atoms with Crippen LogP contribution < -0.4 is 0 Å². The van der Waals surface area contributed by atoms with Crippen LogP contribution in [0.4, 0.5) is 11.4 Å². The number of amides is 1. The van der Waals surface area contributed by atoms with Crippen molar-refractivity contribution < 1.29 is 14.6 Å². The highest BCUT2D eigenvalue weighted by Gasteiger charge is 2.23. The Morgan fingerprint density at radius 3 is 2.13 bits per heavy atom. The van der Waals surface area contributed by atoms with Crippen molar-refractivity contribution in [2.24, 2.45) is 0 Å². The summed E-state index contributed by atoms with van der Waals surface area (Å²) in [5, 5.41) is 22.4. The second kappa shape index (κ2) is 9.27. The number of benzene rings is 2. The third-order valence-corrected chi connectivity index (χ3v) is 5.50. The molecule has 1 amide bonds. The van der Waals surface area contributed by atoms with Crippen LogP contribution in [0.5, 0.6) is 0 Å². The van der Waals surface area contributed by atoms with Crippen molar-refractivity contribution in [2.45, 2.75) is 19.9 Å². The molecule has 0 aliphatic rings. The van der Waals surface area contributed by atoms with Crippen molar-refractivity contribution in [3.63, 3.8) is 0 Å². The summed E-state index contributed by atoms with van der Waals surface area (Å²) < 4.78 is 0. The molecule has 0 unspecified atom stereocenters. The van der Waals surface area contributed by atoms with Gasteiger partial charge in [0.05, 0.1) is 28.0 Å². The van der Waals surface area contributed by atoms with E-state index in [4.69, 9.17) is 0 Å². The van der Waals surface area contributed by atoms with Gasteiger partial charge in [-0.15, -0.1) is 11.3 Å². The number of non-ortho nitro benzene ring substituents is 2. The largest absolute Gasteiger partial charge is 0.333 e. The molecule has 3 aromatic rings. The molecule has 8 nitrogen and oxygen atoms in total. The second-order valence-corrected chi connectivity index (χ2v) is 8.10. The standard InChI is InChI=1S/C21H19N3O5S/c1-15-7-8-20(30-15)14-22(10-9-16-5-3-2-4-6-16)21(25)17-11-18(23(26)27)13-19(12-17)24(28)29/h2-8,11-13H,9-10,14H2,1H3. The number of hydrogen-bond acceptors (Lipinski definition) is 6. The average molecular weight is 425 g/mol. The van der Waals surface area contributed by atoms with Gasteiger partial charge in [0.15, 0.2) is 0 Å². The molecule has 0 N–H and O–H groups in total. The Balaban J connectivity index is 1.92. The molecular weight excluding hydrogens is 406 g/mol. The zero-order chi connectivity index (χ0) is 21.7. The Bertz CT molecular complexity index is 1050. The van der Waals surface area contributed by atoms with E-state index in [1.54, 1.807) is 16.2 Å². The molecule has 0 atom stereocenters. The number of hydrogen-bond donors (Lipinski definition) is 0. The van der Waals surface area contributed by atoms with Gasteiger partial charge in [0, 0.05) is 28.4 Å².